The Morgan fingerprint density at radius 1 is 0.773 bits per heavy atom. The van der Waals surface area contributed by atoms with E-state index in [1.807, 2.05) is 117 Å². The van der Waals surface area contributed by atoms with Gasteiger partial charge in [0.2, 0.25) is 0 Å². The molecule has 8 rings (SSSR count). The predicted octanol–water partition coefficient (Wildman–Crippen LogP) is 9.46. The summed E-state index contributed by atoms with van der Waals surface area (Å²) in [7, 11) is 0. The van der Waals surface area contributed by atoms with E-state index in [1.54, 1.807) is 12.4 Å². The van der Waals surface area contributed by atoms with Crippen molar-refractivity contribution in [2.75, 3.05) is 0 Å². The van der Waals surface area contributed by atoms with Crippen LogP contribution in [0.4, 0.5) is 0 Å². The first-order chi connectivity index (χ1) is 21.5. The summed E-state index contributed by atoms with van der Waals surface area (Å²) in [6, 6.07) is 44.2. The van der Waals surface area contributed by atoms with Crippen LogP contribution in [0.1, 0.15) is 26.7 Å². The maximum Gasteiger partial charge on any atom is 0.168 e. The average Bonchev–Trinajstić information content (AvgIpc) is 3.64. The van der Waals surface area contributed by atoms with Gasteiger partial charge in [-0.3, -0.25) is 4.98 Å². The van der Waals surface area contributed by atoms with E-state index in [4.69, 9.17) is 10.8 Å². The fourth-order valence-corrected chi connectivity index (χ4v) is 5.21. The van der Waals surface area contributed by atoms with Crippen molar-refractivity contribution in [2.45, 2.75) is 19.7 Å². The molecule has 0 aliphatic heterocycles. The van der Waals surface area contributed by atoms with Crippen LogP contribution < -0.4 is 0 Å². The minimum atomic E-state index is -0.699. The van der Waals surface area contributed by atoms with Crippen molar-refractivity contribution in [1.82, 2.24) is 19.5 Å². The molecule has 44 heavy (non-hydrogen) atoms. The zero-order chi connectivity index (χ0) is 30.1. The minimum Gasteiger partial charge on any atom is -0.501 e. The molecule has 0 fully saturated rings. The number of benzene rings is 4. The molecule has 0 unspecified atom stereocenters. The maximum absolute atomic E-state index is 8.38. The normalized spacial score (nSPS) is 11.5. The van der Waals surface area contributed by atoms with Gasteiger partial charge in [-0.05, 0) is 53.5 Å². The molecular weight excluding hydrogens is 721 g/mol. The summed E-state index contributed by atoms with van der Waals surface area (Å²) < 4.78 is 16.8. The number of hydrogen-bond donors (Lipinski definition) is 0. The summed E-state index contributed by atoms with van der Waals surface area (Å²) in [5.41, 5.74) is 7.80. The van der Waals surface area contributed by atoms with Gasteiger partial charge in [0.05, 0.1) is 16.9 Å². The minimum absolute atomic E-state index is 0. The zero-order valence-corrected chi connectivity index (χ0v) is 26.5. The Morgan fingerprint density at radius 2 is 1.59 bits per heavy atom. The number of para-hydroxylation sites is 1. The van der Waals surface area contributed by atoms with Gasteiger partial charge in [0.25, 0.3) is 0 Å². The van der Waals surface area contributed by atoms with Gasteiger partial charge >= 0.3 is 0 Å². The van der Waals surface area contributed by atoms with Crippen molar-refractivity contribution < 1.29 is 25.9 Å². The monoisotopic (exact) mass is 750 g/mol. The van der Waals surface area contributed by atoms with Gasteiger partial charge in [-0.1, -0.05) is 67.3 Å². The molecule has 0 atom stereocenters. The molecule has 4 aromatic carbocycles. The third-order valence-corrected chi connectivity index (χ3v) is 7.33. The van der Waals surface area contributed by atoms with Crippen molar-refractivity contribution in [1.29, 1.82) is 0 Å². The molecule has 0 saturated carbocycles. The van der Waals surface area contributed by atoms with Gasteiger partial charge in [0, 0.05) is 44.9 Å². The number of aromatic nitrogens is 4. The van der Waals surface area contributed by atoms with Crippen LogP contribution in [0.25, 0.3) is 61.4 Å². The zero-order valence-electron chi connectivity index (χ0n) is 25.2. The topological polar surface area (TPSA) is 56.7 Å². The van der Waals surface area contributed by atoms with E-state index in [0.29, 0.717) is 5.65 Å². The molecule has 0 aliphatic carbocycles. The van der Waals surface area contributed by atoms with Crippen LogP contribution in [0.5, 0.6) is 0 Å². The van der Waals surface area contributed by atoms with E-state index in [9.17, 15) is 0 Å². The van der Waals surface area contributed by atoms with Gasteiger partial charge in [-0.15, -0.1) is 54.1 Å². The standard InChI is InChI=1S/C27H20N3O.C11H8N.Ir/c1-17(2)18-13-14-20-21-10-6-11-22(25(21)31-24(20)16-18)27-29-26-23(12-7-15-28-26)30(27)19-8-4-3-5-9-19;1-2-6-10(7-3-1)11-8-4-5-9-12-11;/h3-10,12-17H,1-2H3;1-6,8-9H;/q2*-1;/i17D;;. The molecule has 0 amide bonds. The smallest absolute Gasteiger partial charge is 0.168 e. The Morgan fingerprint density at radius 3 is 2.36 bits per heavy atom. The SMILES string of the molecule is [2H]C(C)(C)c1ccc2c(c1)oc1c(-c3nc4ncccc4n3-c3ccccc3)[c-]ccc12.[Ir].[c-]1ccccc1-c1ccccn1. The molecule has 0 spiro atoms. The molecule has 1 radical (unpaired) electrons. The predicted molar refractivity (Wildman–Crippen MR) is 173 cm³/mol. The van der Waals surface area contributed by atoms with Crippen LogP contribution in [-0.4, -0.2) is 19.5 Å². The summed E-state index contributed by atoms with van der Waals surface area (Å²) in [4.78, 5) is 13.6. The number of nitrogens with zero attached hydrogens (tertiary/aromatic N) is 4. The van der Waals surface area contributed by atoms with Crippen molar-refractivity contribution >= 4 is 33.1 Å². The third kappa shape index (κ3) is 5.58. The van der Waals surface area contributed by atoms with Crippen LogP contribution in [0, 0.1) is 12.1 Å². The van der Waals surface area contributed by atoms with Crippen LogP contribution in [-0.2, 0) is 20.1 Å². The molecule has 0 bridgehead atoms. The number of pyridine rings is 2. The molecule has 5 nitrogen and oxygen atoms in total. The molecule has 6 heteroatoms. The van der Waals surface area contributed by atoms with Crippen LogP contribution in [0.2, 0.25) is 0 Å². The Hall–Kier alpha value is -4.90. The summed E-state index contributed by atoms with van der Waals surface area (Å²) >= 11 is 0. The second-order valence-electron chi connectivity index (χ2n) is 10.4. The molecule has 0 saturated heterocycles. The quantitative estimate of drug-likeness (QED) is 0.168. The number of hydrogen-bond acceptors (Lipinski definition) is 4. The van der Waals surface area contributed by atoms with Crippen molar-refractivity contribution in [2.24, 2.45) is 0 Å². The van der Waals surface area contributed by atoms with E-state index in [-0.39, 0.29) is 20.1 Å². The Kier molecular flexibility index (Phi) is 8.09. The first kappa shape index (κ1) is 27.9. The molecule has 4 heterocycles. The number of furan rings is 1. The van der Waals surface area contributed by atoms with Crippen LogP contribution >= 0.6 is 0 Å². The molecule has 0 aliphatic rings. The Labute approximate surface area is 271 Å². The van der Waals surface area contributed by atoms with E-state index < -0.39 is 5.89 Å². The van der Waals surface area contributed by atoms with Gasteiger partial charge in [-0.25, -0.2) is 4.98 Å². The second-order valence-corrected chi connectivity index (χ2v) is 10.4. The fraction of sp³-hybridized carbons (Fsp3) is 0.0789. The Bertz CT molecular complexity index is 2170. The van der Waals surface area contributed by atoms with Gasteiger partial charge in [0.1, 0.15) is 5.58 Å². The second kappa shape index (κ2) is 12.8. The largest absolute Gasteiger partial charge is 0.501 e. The molecule has 217 valence electrons. The van der Waals surface area contributed by atoms with E-state index in [2.05, 4.69) is 38.8 Å². The van der Waals surface area contributed by atoms with Crippen molar-refractivity contribution in [3.63, 3.8) is 0 Å². The van der Waals surface area contributed by atoms with E-state index in [0.717, 1.165) is 61.4 Å². The molecule has 0 N–H and O–H groups in total. The van der Waals surface area contributed by atoms with Gasteiger partial charge in [0.15, 0.2) is 5.65 Å². The number of rotatable bonds is 4. The molecule has 8 aromatic rings. The summed E-state index contributed by atoms with van der Waals surface area (Å²) in [6.45, 7) is 3.76. The third-order valence-electron chi connectivity index (χ3n) is 7.33. The molecule has 4 aromatic heterocycles. The summed E-state index contributed by atoms with van der Waals surface area (Å²) in [6.07, 6.45) is 3.54. The van der Waals surface area contributed by atoms with Gasteiger partial charge < -0.3 is 14.0 Å². The number of imidazole rings is 1. The first-order valence-electron chi connectivity index (χ1n) is 14.6. The van der Waals surface area contributed by atoms with Crippen LogP contribution in [0.15, 0.2) is 132 Å². The fourth-order valence-electron chi connectivity index (χ4n) is 5.21. The van der Waals surface area contributed by atoms with E-state index >= 15 is 0 Å². The van der Waals surface area contributed by atoms with Gasteiger partial charge in [-0.2, -0.15) is 0 Å². The van der Waals surface area contributed by atoms with E-state index in [1.165, 1.54) is 0 Å². The Balaban J connectivity index is 0.000000231. The summed E-state index contributed by atoms with van der Waals surface area (Å²) in [5, 5.41) is 2.02. The maximum atomic E-state index is 8.38. The van der Waals surface area contributed by atoms with Crippen LogP contribution in [0.3, 0.4) is 0 Å². The van der Waals surface area contributed by atoms with Crippen molar-refractivity contribution in [3.8, 4) is 28.3 Å². The summed E-state index contributed by atoms with van der Waals surface area (Å²) in [5.74, 6) is 0.0327. The first-order valence-corrected chi connectivity index (χ1v) is 14.1. The number of fused-ring (bicyclic) bond motifs is 4. The van der Waals surface area contributed by atoms with Crippen molar-refractivity contribution in [3.05, 3.63) is 145 Å². The average molecular weight is 750 g/mol. The molecular formula is C38H28IrN4O-2.